The Labute approximate surface area is 135 Å². The molecule has 0 aromatic heterocycles. The fourth-order valence-electron chi connectivity index (χ4n) is 3.15. The summed E-state index contributed by atoms with van der Waals surface area (Å²) < 4.78 is 26.0. The molecule has 0 bridgehead atoms. The molecule has 1 aliphatic rings. The van der Waals surface area contributed by atoms with E-state index in [0.717, 1.165) is 16.7 Å². The van der Waals surface area contributed by atoms with Crippen LogP contribution in [0.15, 0.2) is 76.5 Å². The monoisotopic (exact) mass is 321 g/mol. The van der Waals surface area contributed by atoms with Gasteiger partial charge in [-0.25, -0.2) is 8.42 Å². The predicted molar refractivity (Wildman–Crippen MR) is 91.0 cm³/mol. The average Bonchev–Trinajstić information content (AvgIpc) is 2.93. The van der Waals surface area contributed by atoms with Crippen LogP contribution in [0.1, 0.15) is 11.1 Å². The van der Waals surface area contributed by atoms with Crippen molar-refractivity contribution in [1.82, 2.24) is 0 Å². The van der Waals surface area contributed by atoms with Crippen molar-refractivity contribution in [3.05, 3.63) is 77.9 Å². The molecule has 23 heavy (non-hydrogen) atoms. The second-order valence-corrected chi connectivity index (χ2v) is 7.61. The molecule has 1 aliphatic carbocycles. The van der Waals surface area contributed by atoms with Gasteiger partial charge in [0.05, 0.1) is 9.79 Å². The smallest absolute Gasteiger partial charge is 0.206 e. The molecule has 0 heterocycles. The van der Waals surface area contributed by atoms with Crippen LogP contribution in [0.2, 0.25) is 0 Å². The van der Waals surface area contributed by atoms with Crippen LogP contribution in [0, 0.1) is 0 Å². The van der Waals surface area contributed by atoms with E-state index in [1.807, 2.05) is 30.3 Å². The van der Waals surface area contributed by atoms with Gasteiger partial charge < -0.3 is 5.73 Å². The van der Waals surface area contributed by atoms with E-state index in [2.05, 4.69) is 6.07 Å². The van der Waals surface area contributed by atoms with E-state index in [-0.39, 0.29) is 4.90 Å². The topological polar surface area (TPSA) is 60.2 Å². The lowest BCUT2D eigenvalue weighted by molar-refractivity contribution is 0.595. The minimum absolute atomic E-state index is 0.274. The van der Waals surface area contributed by atoms with Crippen LogP contribution >= 0.6 is 0 Å². The van der Waals surface area contributed by atoms with Gasteiger partial charge in [-0.15, -0.1) is 0 Å². The summed E-state index contributed by atoms with van der Waals surface area (Å²) in [5, 5.41) is 0. The molecule has 0 spiro atoms. The van der Waals surface area contributed by atoms with E-state index in [1.165, 1.54) is 5.56 Å². The number of benzene rings is 3. The van der Waals surface area contributed by atoms with E-state index in [1.54, 1.807) is 30.3 Å². The van der Waals surface area contributed by atoms with Gasteiger partial charge in [-0.2, -0.15) is 0 Å². The van der Waals surface area contributed by atoms with Crippen LogP contribution in [-0.4, -0.2) is 8.42 Å². The number of hydrogen-bond acceptors (Lipinski definition) is 3. The van der Waals surface area contributed by atoms with Gasteiger partial charge in [-0.3, -0.25) is 0 Å². The van der Waals surface area contributed by atoms with Crippen molar-refractivity contribution < 1.29 is 8.42 Å². The first-order chi connectivity index (χ1) is 11.1. The Hall–Kier alpha value is -2.59. The second-order valence-electron chi connectivity index (χ2n) is 5.69. The van der Waals surface area contributed by atoms with Crippen molar-refractivity contribution >= 4 is 15.5 Å². The number of fused-ring (bicyclic) bond motifs is 3. The minimum Gasteiger partial charge on any atom is -0.399 e. The molecule has 0 saturated carbocycles. The van der Waals surface area contributed by atoms with Crippen LogP contribution in [0.4, 0.5) is 5.69 Å². The first-order valence-corrected chi connectivity index (χ1v) is 8.86. The van der Waals surface area contributed by atoms with Crippen molar-refractivity contribution in [2.75, 3.05) is 5.73 Å². The summed E-state index contributed by atoms with van der Waals surface area (Å²) in [6.45, 7) is 0. The summed E-state index contributed by atoms with van der Waals surface area (Å²) in [4.78, 5) is 0.659. The third-order valence-electron chi connectivity index (χ3n) is 4.29. The molecule has 0 atom stereocenters. The van der Waals surface area contributed by atoms with Gasteiger partial charge in [0.25, 0.3) is 0 Å². The molecule has 3 nitrogen and oxygen atoms in total. The fraction of sp³-hybridized carbons (Fsp3) is 0.0526. The SMILES string of the molecule is Nc1ccc(S(=O)(=O)c2cccc3c2Cc2ccccc2-3)cc1. The van der Waals surface area contributed by atoms with Crippen LogP contribution in [0.25, 0.3) is 11.1 Å². The molecule has 114 valence electrons. The van der Waals surface area contributed by atoms with E-state index in [9.17, 15) is 8.42 Å². The number of sulfone groups is 1. The zero-order chi connectivity index (χ0) is 16.0. The van der Waals surface area contributed by atoms with Crippen molar-refractivity contribution in [2.45, 2.75) is 16.2 Å². The minimum atomic E-state index is -3.55. The van der Waals surface area contributed by atoms with Crippen molar-refractivity contribution in [3.63, 3.8) is 0 Å². The van der Waals surface area contributed by atoms with Gasteiger partial charge in [0, 0.05) is 5.69 Å². The Morgan fingerprint density at radius 1 is 0.783 bits per heavy atom. The average molecular weight is 321 g/mol. The molecule has 3 aromatic carbocycles. The molecule has 0 amide bonds. The maximum Gasteiger partial charge on any atom is 0.206 e. The zero-order valence-corrected chi connectivity index (χ0v) is 13.2. The molecule has 0 aliphatic heterocycles. The summed E-state index contributed by atoms with van der Waals surface area (Å²) in [7, 11) is -3.55. The summed E-state index contributed by atoms with van der Waals surface area (Å²) in [5.74, 6) is 0. The summed E-state index contributed by atoms with van der Waals surface area (Å²) in [5.41, 5.74) is 10.4. The summed E-state index contributed by atoms with van der Waals surface area (Å²) in [6, 6.07) is 19.9. The van der Waals surface area contributed by atoms with Gasteiger partial charge in [0.2, 0.25) is 9.84 Å². The number of hydrogen-bond donors (Lipinski definition) is 1. The largest absolute Gasteiger partial charge is 0.399 e. The highest BCUT2D eigenvalue weighted by atomic mass is 32.2. The number of nitrogens with two attached hydrogens (primary N) is 1. The van der Waals surface area contributed by atoms with Crippen LogP contribution in [0.3, 0.4) is 0 Å². The molecular formula is C19H15NO2S. The molecule has 2 N–H and O–H groups in total. The van der Waals surface area contributed by atoms with E-state index in [4.69, 9.17) is 5.73 Å². The van der Waals surface area contributed by atoms with Crippen LogP contribution < -0.4 is 5.73 Å². The lowest BCUT2D eigenvalue weighted by atomic mass is 10.1. The third kappa shape index (κ3) is 2.14. The first kappa shape index (κ1) is 14.0. The van der Waals surface area contributed by atoms with Gasteiger partial charge in [-0.05, 0) is 59.0 Å². The summed E-state index contributed by atoms with van der Waals surface area (Å²) in [6.07, 6.45) is 0.649. The van der Waals surface area contributed by atoms with E-state index in [0.29, 0.717) is 17.0 Å². The van der Waals surface area contributed by atoms with Crippen molar-refractivity contribution in [2.24, 2.45) is 0 Å². The quantitative estimate of drug-likeness (QED) is 0.573. The van der Waals surface area contributed by atoms with Gasteiger partial charge in [0.15, 0.2) is 0 Å². The Balaban J connectivity index is 1.91. The number of rotatable bonds is 2. The zero-order valence-electron chi connectivity index (χ0n) is 12.4. The van der Waals surface area contributed by atoms with E-state index < -0.39 is 9.84 Å². The summed E-state index contributed by atoms with van der Waals surface area (Å²) >= 11 is 0. The third-order valence-corrected chi connectivity index (χ3v) is 6.14. The standard InChI is InChI=1S/C19H15NO2S/c20-14-8-10-15(11-9-14)23(21,22)19-7-3-6-17-16-5-2-1-4-13(16)12-18(17)19/h1-11H,12,20H2. The van der Waals surface area contributed by atoms with E-state index >= 15 is 0 Å². The maximum atomic E-state index is 13.0. The highest BCUT2D eigenvalue weighted by Gasteiger charge is 2.27. The fourth-order valence-corrected chi connectivity index (χ4v) is 4.67. The number of nitrogen functional groups attached to an aromatic ring is 1. The molecule has 0 fully saturated rings. The molecule has 4 heteroatoms. The maximum absolute atomic E-state index is 13.0. The van der Waals surface area contributed by atoms with Gasteiger partial charge in [0.1, 0.15) is 0 Å². The predicted octanol–water partition coefficient (Wildman–Crippen LogP) is 3.67. The first-order valence-electron chi connectivity index (χ1n) is 7.38. The molecule has 3 aromatic rings. The Morgan fingerprint density at radius 3 is 2.26 bits per heavy atom. The molecule has 0 saturated heterocycles. The van der Waals surface area contributed by atoms with Crippen molar-refractivity contribution in [3.8, 4) is 11.1 Å². The van der Waals surface area contributed by atoms with Gasteiger partial charge >= 0.3 is 0 Å². The Kier molecular flexibility index (Phi) is 3.03. The second kappa shape index (κ2) is 4.96. The number of anilines is 1. The Morgan fingerprint density at radius 2 is 1.48 bits per heavy atom. The lowest BCUT2D eigenvalue weighted by Crippen LogP contribution is -2.05. The molecule has 0 unspecified atom stereocenters. The van der Waals surface area contributed by atoms with Crippen LogP contribution in [0.5, 0.6) is 0 Å². The van der Waals surface area contributed by atoms with Gasteiger partial charge in [-0.1, -0.05) is 36.4 Å². The molecule has 0 radical (unpaired) electrons. The van der Waals surface area contributed by atoms with Crippen LogP contribution in [-0.2, 0) is 16.3 Å². The highest BCUT2D eigenvalue weighted by molar-refractivity contribution is 7.91. The normalized spacial score (nSPS) is 12.7. The Bertz CT molecular complexity index is 1010. The van der Waals surface area contributed by atoms with Crippen molar-refractivity contribution in [1.29, 1.82) is 0 Å². The lowest BCUT2D eigenvalue weighted by Gasteiger charge is -2.10. The highest BCUT2D eigenvalue weighted by Crippen LogP contribution is 2.40. The molecule has 4 rings (SSSR count). The molecular weight excluding hydrogens is 306 g/mol.